The van der Waals surface area contributed by atoms with Crippen LogP contribution in [0.15, 0.2) is 168 Å². The highest BCUT2D eigenvalue weighted by Crippen LogP contribution is 2.38. The molecule has 0 unspecified atom stereocenters. The van der Waals surface area contributed by atoms with Gasteiger partial charge < -0.3 is 4.42 Å². The standard InChI is InChI=1S/C43H27N3O/c1-3-11-28(12-4-1)29-21-23-30(24-22-29)33-26-25-31-15-9-17-34(37(31)27-33)42-44-41(32-13-5-2-6-14-32)45-43(46-42)36-18-10-20-39-40(36)35-16-7-8-19-38(35)47-39/h1-27H/i1D,2D,3D,4D,5D,6D,7D,8D,9D,10D,11D,12D,13D,14D,15D,16D,17D,18D,19D,20D,21D,22D,23D,24D,25D,26D,27D. The van der Waals surface area contributed by atoms with Gasteiger partial charge in [0.1, 0.15) is 11.2 Å². The van der Waals surface area contributed by atoms with Crippen molar-refractivity contribution in [2.24, 2.45) is 0 Å². The van der Waals surface area contributed by atoms with E-state index in [2.05, 4.69) is 15.0 Å². The molecule has 4 nitrogen and oxygen atoms in total. The summed E-state index contributed by atoms with van der Waals surface area (Å²) in [6.07, 6.45) is 0. The molecule has 0 bridgehead atoms. The number of hydrogen-bond donors (Lipinski definition) is 0. The van der Waals surface area contributed by atoms with Crippen LogP contribution in [0.3, 0.4) is 0 Å². The van der Waals surface area contributed by atoms with E-state index < -0.39 is 252 Å². The van der Waals surface area contributed by atoms with Gasteiger partial charge in [0.05, 0.1) is 37.0 Å². The van der Waals surface area contributed by atoms with Crippen LogP contribution in [0.5, 0.6) is 0 Å². The molecule has 2 aromatic heterocycles. The van der Waals surface area contributed by atoms with Crippen molar-refractivity contribution < 1.29 is 41.4 Å². The summed E-state index contributed by atoms with van der Waals surface area (Å²) in [5.41, 5.74) is -6.49. The second kappa shape index (κ2) is 11.2. The van der Waals surface area contributed by atoms with Crippen LogP contribution < -0.4 is 0 Å². The number of rotatable bonds is 5. The van der Waals surface area contributed by atoms with Gasteiger partial charge in [-0.1, -0.05) is 145 Å². The second-order valence-electron chi connectivity index (χ2n) is 9.57. The van der Waals surface area contributed by atoms with E-state index in [4.69, 9.17) is 35.9 Å². The topological polar surface area (TPSA) is 51.8 Å². The van der Waals surface area contributed by atoms with E-state index in [9.17, 15) is 5.48 Å². The molecule has 0 aliphatic rings. The molecule has 0 radical (unpaired) electrons. The number of benzene rings is 7. The minimum Gasteiger partial charge on any atom is -0.456 e. The van der Waals surface area contributed by atoms with E-state index in [0.29, 0.717) is 0 Å². The van der Waals surface area contributed by atoms with Crippen LogP contribution in [-0.4, -0.2) is 15.0 Å². The SMILES string of the molecule is [2H]c1c([2H])c([2H])c(-c2nc(-c3c([2H])c([2H])c([2H])c4c([2H])c([2H])c(-c5c([2H])c([2H])c(-c6c([2H])c([2H])c([2H])c([2H])c6[2H])c([2H])c5[2H])c([2H])c34)nc(-c3c([2H])c([2H])c([2H])c4oc5c([2H])c([2H])c([2H])c([2H])c5c34)n2)c([2H])c1[2H]. The molecule has 7 aromatic carbocycles. The highest BCUT2D eigenvalue weighted by Gasteiger charge is 2.18. The van der Waals surface area contributed by atoms with Crippen molar-refractivity contribution in [2.45, 2.75) is 0 Å². The Balaban J connectivity index is 1.47. The Morgan fingerprint density at radius 2 is 0.936 bits per heavy atom. The molecule has 0 saturated heterocycles. The van der Waals surface area contributed by atoms with E-state index in [-0.39, 0.29) is 0 Å². The van der Waals surface area contributed by atoms with Gasteiger partial charge >= 0.3 is 0 Å². The Labute approximate surface area is 309 Å². The summed E-state index contributed by atoms with van der Waals surface area (Å²) >= 11 is 0. The molecule has 220 valence electrons. The summed E-state index contributed by atoms with van der Waals surface area (Å²) in [6.45, 7) is 0. The van der Waals surface area contributed by atoms with Crippen molar-refractivity contribution in [3.8, 4) is 56.4 Å². The van der Waals surface area contributed by atoms with Gasteiger partial charge in [0.25, 0.3) is 0 Å². The maximum absolute atomic E-state index is 9.68. The first kappa shape index (κ1) is 11.1. The summed E-state index contributed by atoms with van der Waals surface area (Å²) < 4.78 is 242. The van der Waals surface area contributed by atoms with E-state index in [0.717, 1.165) is 0 Å². The summed E-state index contributed by atoms with van der Waals surface area (Å²) in [5.74, 6) is -2.56. The van der Waals surface area contributed by atoms with E-state index in [1.54, 1.807) is 0 Å². The molecular weight excluding hydrogens is 574 g/mol. The highest BCUT2D eigenvalue weighted by atomic mass is 16.3. The van der Waals surface area contributed by atoms with Gasteiger partial charge in [-0.15, -0.1) is 0 Å². The summed E-state index contributed by atoms with van der Waals surface area (Å²) in [7, 11) is 0. The van der Waals surface area contributed by atoms with Gasteiger partial charge in [-0.05, 0) is 51.2 Å². The van der Waals surface area contributed by atoms with Gasteiger partial charge in [0.15, 0.2) is 17.5 Å². The molecule has 47 heavy (non-hydrogen) atoms. The van der Waals surface area contributed by atoms with Crippen molar-refractivity contribution in [1.82, 2.24) is 15.0 Å². The van der Waals surface area contributed by atoms with Crippen molar-refractivity contribution in [2.75, 3.05) is 0 Å². The van der Waals surface area contributed by atoms with E-state index in [1.807, 2.05) is 0 Å². The molecule has 0 fully saturated rings. The normalized spacial score (nSPS) is 19.4. The maximum atomic E-state index is 9.68. The molecule has 0 atom stereocenters. The van der Waals surface area contributed by atoms with Crippen molar-refractivity contribution in [3.63, 3.8) is 0 Å². The maximum Gasteiger partial charge on any atom is 0.164 e. The molecule has 0 aliphatic carbocycles. The summed E-state index contributed by atoms with van der Waals surface area (Å²) in [4.78, 5) is 13.2. The minimum absolute atomic E-state index is 0.439. The lowest BCUT2D eigenvalue weighted by atomic mass is 9.96. The van der Waals surface area contributed by atoms with Crippen molar-refractivity contribution in [1.29, 1.82) is 0 Å². The molecule has 0 N–H and O–H groups in total. The fraction of sp³-hybridized carbons (Fsp3) is 0. The molecular formula is C43H27N3O. The zero-order valence-corrected chi connectivity index (χ0v) is 23.2. The van der Waals surface area contributed by atoms with Crippen LogP contribution in [-0.2, 0) is 0 Å². The lowest BCUT2D eigenvalue weighted by Crippen LogP contribution is -2.00. The van der Waals surface area contributed by atoms with Gasteiger partial charge in [-0.2, -0.15) is 0 Å². The predicted molar refractivity (Wildman–Crippen MR) is 192 cm³/mol. The third-order valence-electron chi connectivity index (χ3n) is 6.82. The number of fused-ring (bicyclic) bond motifs is 4. The first-order valence-corrected chi connectivity index (χ1v) is 13.5. The first-order chi connectivity index (χ1) is 34.5. The number of aromatic nitrogens is 3. The second-order valence-corrected chi connectivity index (χ2v) is 9.57. The summed E-state index contributed by atoms with van der Waals surface area (Å²) in [5, 5.41) is -2.36. The van der Waals surface area contributed by atoms with Crippen LogP contribution in [0, 0.1) is 0 Å². The lowest BCUT2D eigenvalue weighted by molar-refractivity contribution is 0.669. The number of para-hydroxylation sites is 1. The van der Waals surface area contributed by atoms with Crippen molar-refractivity contribution >= 4 is 32.7 Å². The van der Waals surface area contributed by atoms with Crippen LogP contribution in [0.25, 0.3) is 89.1 Å². The van der Waals surface area contributed by atoms with E-state index in [1.165, 1.54) is 0 Å². The molecule has 9 rings (SSSR count). The van der Waals surface area contributed by atoms with Gasteiger partial charge in [0.2, 0.25) is 0 Å². The van der Waals surface area contributed by atoms with Crippen LogP contribution in [0.1, 0.15) is 37.0 Å². The molecule has 9 aromatic rings. The van der Waals surface area contributed by atoms with Gasteiger partial charge in [0, 0.05) is 27.5 Å². The Morgan fingerprint density at radius 1 is 0.383 bits per heavy atom. The average molecular weight is 629 g/mol. The molecule has 0 spiro atoms. The zero-order chi connectivity index (χ0) is 54.7. The average Bonchev–Trinajstić information content (AvgIpc) is 3.77. The quantitative estimate of drug-likeness (QED) is 0.190. The molecule has 0 aliphatic heterocycles. The number of hydrogen-bond acceptors (Lipinski definition) is 4. The van der Waals surface area contributed by atoms with Crippen LogP contribution >= 0.6 is 0 Å². The third kappa shape index (κ3) is 4.84. The number of nitrogens with zero attached hydrogens (tertiary/aromatic N) is 3. The Morgan fingerprint density at radius 3 is 1.72 bits per heavy atom. The monoisotopic (exact) mass is 628 g/mol. The fourth-order valence-electron chi connectivity index (χ4n) is 4.74. The Bertz CT molecular complexity index is 4030. The molecule has 2 heterocycles. The lowest BCUT2D eigenvalue weighted by Gasteiger charge is -2.12. The minimum atomic E-state index is -1.04. The highest BCUT2D eigenvalue weighted by molar-refractivity contribution is 6.11. The largest absolute Gasteiger partial charge is 0.456 e. The van der Waals surface area contributed by atoms with Gasteiger partial charge in [-0.3, -0.25) is 0 Å². The van der Waals surface area contributed by atoms with Gasteiger partial charge in [-0.25, -0.2) is 15.0 Å². The van der Waals surface area contributed by atoms with E-state index >= 15 is 0 Å². The summed E-state index contributed by atoms with van der Waals surface area (Å²) in [6, 6.07) is -24.5. The zero-order valence-electron chi connectivity index (χ0n) is 50.2. The molecule has 0 amide bonds. The Kier molecular flexibility index (Phi) is 2.66. The predicted octanol–water partition coefficient (Wildman–Crippen LogP) is 11.3. The third-order valence-corrected chi connectivity index (χ3v) is 6.82. The molecule has 4 heteroatoms. The van der Waals surface area contributed by atoms with Crippen LogP contribution in [0.2, 0.25) is 0 Å². The first-order valence-electron chi connectivity index (χ1n) is 27.0. The fourth-order valence-corrected chi connectivity index (χ4v) is 4.74. The van der Waals surface area contributed by atoms with Crippen molar-refractivity contribution in [3.05, 3.63) is 163 Å². The molecule has 0 saturated carbocycles. The number of furan rings is 1. The van der Waals surface area contributed by atoms with Crippen LogP contribution in [0.4, 0.5) is 0 Å². The smallest absolute Gasteiger partial charge is 0.164 e. The Hall–Kier alpha value is -6.39.